The average Bonchev–Trinajstić information content (AvgIpc) is 2.33. The van der Waals surface area contributed by atoms with E-state index in [4.69, 9.17) is 0 Å². The molecular weight excluding hydrogens is 324 g/mol. The predicted octanol–water partition coefficient (Wildman–Crippen LogP) is 2.49. The molecule has 0 unspecified atom stereocenters. The van der Waals surface area contributed by atoms with Crippen LogP contribution >= 0.6 is 0 Å². The minimum absolute atomic E-state index is 0.0455. The molecule has 0 saturated carbocycles. The lowest BCUT2D eigenvalue weighted by Gasteiger charge is -2.46. The fourth-order valence-corrected chi connectivity index (χ4v) is 4.83. The number of rotatable bonds is 5. The second-order valence-electron chi connectivity index (χ2n) is 8.30. The Labute approximate surface area is 145 Å². The van der Waals surface area contributed by atoms with Crippen molar-refractivity contribution in [1.82, 2.24) is 15.0 Å². The third kappa shape index (κ3) is 5.16. The molecule has 7 heteroatoms. The Kier molecular flexibility index (Phi) is 5.28. The number of piperidine rings is 1. The SMILES string of the molecule is CC(C)NS(=O)(=O)c1ccc(NC2CC(C)(C)NC(C)(C)C2)nc1. The summed E-state index contributed by atoms with van der Waals surface area (Å²) in [5.41, 5.74) is 0.0910. The standard InChI is InChI=1S/C17H30N4O2S/c1-12(2)20-24(22,23)14-7-8-15(18-11-14)19-13-9-16(3,4)21-17(5,6)10-13/h7-8,11-13,20-21H,9-10H2,1-6H3,(H,18,19). The minimum Gasteiger partial charge on any atom is -0.367 e. The summed E-state index contributed by atoms with van der Waals surface area (Å²) in [5, 5.41) is 7.09. The number of sulfonamides is 1. The second-order valence-corrected chi connectivity index (χ2v) is 10.0. The van der Waals surface area contributed by atoms with E-state index >= 15 is 0 Å². The highest BCUT2D eigenvalue weighted by atomic mass is 32.2. The van der Waals surface area contributed by atoms with Gasteiger partial charge in [-0.2, -0.15) is 0 Å². The lowest BCUT2D eigenvalue weighted by molar-refractivity contribution is 0.170. The van der Waals surface area contributed by atoms with Gasteiger partial charge in [-0.15, -0.1) is 0 Å². The topological polar surface area (TPSA) is 83.1 Å². The lowest BCUT2D eigenvalue weighted by Crippen LogP contribution is -2.60. The molecule has 0 radical (unpaired) electrons. The summed E-state index contributed by atoms with van der Waals surface area (Å²) in [6, 6.07) is 3.47. The van der Waals surface area contributed by atoms with E-state index in [2.05, 4.69) is 48.0 Å². The number of nitrogens with zero attached hydrogens (tertiary/aromatic N) is 1. The van der Waals surface area contributed by atoms with Gasteiger partial charge >= 0.3 is 0 Å². The van der Waals surface area contributed by atoms with Gasteiger partial charge in [0, 0.05) is 29.4 Å². The largest absolute Gasteiger partial charge is 0.367 e. The van der Waals surface area contributed by atoms with E-state index < -0.39 is 10.0 Å². The summed E-state index contributed by atoms with van der Waals surface area (Å²) >= 11 is 0. The highest BCUT2D eigenvalue weighted by molar-refractivity contribution is 7.89. The van der Waals surface area contributed by atoms with Gasteiger partial charge in [-0.25, -0.2) is 18.1 Å². The quantitative estimate of drug-likeness (QED) is 0.757. The van der Waals surface area contributed by atoms with Gasteiger partial charge in [0.05, 0.1) is 0 Å². The summed E-state index contributed by atoms with van der Waals surface area (Å²) in [6.07, 6.45) is 3.37. The first kappa shape index (κ1) is 19.1. The summed E-state index contributed by atoms with van der Waals surface area (Å²) in [6.45, 7) is 12.4. The Morgan fingerprint density at radius 2 is 1.75 bits per heavy atom. The number of anilines is 1. The van der Waals surface area contributed by atoms with Crippen LogP contribution in [0.25, 0.3) is 0 Å². The summed E-state index contributed by atoms with van der Waals surface area (Å²) in [7, 11) is -3.50. The summed E-state index contributed by atoms with van der Waals surface area (Å²) < 4.78 is 26.8. The van der Waals surface area contributed by atoms with Crippen molar-refractivity contribution in [3.63, 3.8) is 0 Å². The molecule has 0 spiro atoms. The van der Waals surface area contributed by atoms with Crippen LogP contribution in [0.4, 0.5) is 5.82 Å². The first-order valence-electron chi connectivity index (χ1n) is 8.43. The Bertz CT molecular complexity index is 650. The zero-order valence-corrected chi connectivity index (χ0v) is 16.3. The van der Waals surface area contributed by atoms with E-state index in [1.807, 2.05) is 0 Å². The molecule has 1 aliphatic rings. The van der Waals surface area contributed by atoms with Gasteiger partial charge in [0.2, 0.25) is 10.0 Å². The molecule has 0 amide bonds. The van der Waals surface area contributed by atoms with Crippen molar-refractivity contribution in [2.75, 3.05) is 5.32 Å². The van der Waals surface area contributed by atoms with Crippen LogP contribution < -0.4 is 15.4 Å². The normalized spacial score (nSPS) is 21.0. The molecule has 136 valence electrons. The van der Waals surface area contributed by atoms with Gasteiger partial charge in [0.1, 0.15) is 10.7 Å². The van der Waals surface area contributed by atoms with Crippen LogP contribution in [0.3, 0.4) is 0 Å². The summed E-state index contributed by atoms with van der Waals surface area (Å²) in [4.78, 5) is 4.48. The first-order chi connectivity index (χ1) is 10.9. The third-order valence-corrected chi connectivity index (χ3v) is 5.62. The molecule has 1 aliphatic heterocycles. The van der Waals surface area contributed by atoms with E-state index in [9.17, 15) is 8.42 Å². The van der Waals surface area contributed by atoms with Crippen LogP contribution in [0.15, 0.2) is 23.2 Å². The zero-order chi connectivity index (χ0) is 18.2. The van der Waals surface area contributed by atoms with Gasteiger partial charge in [-0.05, 0) is 66.5 Å². The van der Waals surface area contributed by atoms with Gasteiger partial charge in [-0.3, -0.25) is 0 Å². The number of aromatic nitrogens is 1. The lowest BCUT2D eigenvalue weighted by atomic mass is 9.79. The zero-order valence-electron chi connectivity index (χ0n) is 15.5. The molecule has 6 nitrogen and oxygen atoms in total. The second kappa shape index (κ2) is 6.61. The molecule has 0 aliphatic carbocycles. The van der Waals surface area contributed by atoms with E-state index in [0.29, 0.717) is 11.9 Å². The fourth-order valence-electron chi connectivity index (χ4n) is 3.64. The van der Waals surface area contributed by atoms with E-state index in [0.717, 1.165) is 12.8 Å². The number of pyridine rings is 1. The van der Waals surface area contributed by atoms with Crippen LogP contribution in [0, 0.1) is 0 Å². The highest BCUT2D eigenvalue weighted by Gasteiger charge is 2.37. The fraction of sp³-hybridized carbons (Fsp3) is 0.706. The van der Waals surface area contributed by atoms with E-state index in [1.54, 1.807) is 26.0 Å². The summed E-state index contributed by atoms with van der Waals surface area (Å²) in [5.74, 6) is 0.706. The van der Waals surface area contributed by atoms with Gasteiger partial charge in [0.25, 0.3) is 0 Å². The van der Waals surface area contributed by atoms with Gasteiger partial charge < -0.3 is 10.6 Å². The van der Waals surface area contributed by atoms with Crippen molar-refractivity contribution >= 4 is 15.8 Å². The van der Waals surface area contributed by atoms with Crippen LogP contribution in [0.5, 0.6) is 0 Å². The number of hydrogen-bond acceptors (Lipinski definition) is 5. The van der Waals surface area contributed by atoms with Crippen molar-refractivity contribution in [2.24, 2.45) is 0 Å². The smallest absolute Gasteiger partial charge is 0.242 e. The van der Waals surface area contributed by atoms with E-state index in [1.165, 1.54) is 6.20 Å². The molecule has 2 heterocycles. The third-order valence-electron chi connectivity index (χ3n) is 3.98. The Morgan fingerprint density at radius 3 is 2.21 bits per heavy atom. The molecule has 1 saturated heterocycles. The minimum atomic E-state index is -3.50. The molecule has 0 atom stereocenters. The highest BCUT2D eigenvalue weighted by Crippen LogP contribution is 2.30. The van der Waals surface area contributed by atoms with E-state index in [-0.39, 0.29) is 22.0 Å². The van der Waals surface area contributed by atoms with Gasteiger partial charge in [-0.1, -0.05) is 0 Å². The molecule has 24 heavy (non-hydrogen) atoms. The van der Waals surface area contributed by atoms with Crippen LogP contribution in [-0.2, 0) is 10.0 Å². The van der Waals surface area contributed by atoms with Crippen LogP contribution in [0.1, 0.15) is 54.4 Å². The molecule has 0 bridgehead atoms. The Morgan fingerprint density at radius 1 is 1.17 bits per heavy atom. The Hall–Kier alpha value is -1.18. The molecule has 1 aromatic heterocycles. The van der Waals surface area contributed by atoms with Crippen molar-refractivity contribution in [3.8, 4) is 0 Å². The molecule has 1 fully saturated rings. The molecule has 2 rings (SSSR count). The monoisotopic (exact) mass is 354 g/mol. The maximum absolute atomic E-state index is 12.1. The molecule has 3 N–H and O–H groups in total. The first-order valence-corrected chi connectivity index (χ1v) is 9.91. The maximum Gasteiger partial charge on any atom is 0.242 e. The van der Waals surface area contributed by atoms with Crippen LogP contribution in [0.2, 0.25) is 0 Å². The predicted molar refractivity (Wildman–Crippen MR) is 97.6 cm³/mol. The molecule has 0 aromatic carbocycles. The number of hydrogen-bond donors (Lipinski definition) is 3. The van der Waals surface area contributed by atoms with Gasteiger partial charge in [0.15, 0.2) is 0 Å². The van der Waals surface area contributed by atoms with Crippen molar-refractivity contribution in [3.05, 3.63) is 18.3 Å². The molecule has 1 aromatic rings. The molecular formula is C17H30N4O2S. The Balaban J connectivity index is 2.09. The van der Waals surface area contributed by atoms with Crippen LogP contribution in [-0.4, -0.2) is 36.6 Å². The maximum atomic E-state index is 12.1. The van der Waals surface area contributed by atoms with Crippen molar-refractivity contribution in [2.45, 2.75) is 82.4 Å². The van der Waals surface area contributed by atoms with Crippen molar-refractivity contribution < 1.29 is 8.42 Å². The van der Waals surface area contributed by atoms with Crippen molar-refractivity contribution in [1.29, 1.82) is 0 Å². The number of nitrogens with one attached hydrogen (secondary N) is 3. The average molecular weight is 355 g/mol.